The zero-order valence-corrected chi connectivity index (χ0v) is 8.60. The van der Waals surface area contributed by atoms with Crippen molar-refractivity contribution in [3.05, 3.63) is 23.4 Å². The second kappa shape index (κ2) is 4.08. The summed E-state index contributed by atoms with van der Waals surface area (Å²) in [4.78, 5) is 3.37. The lowest BCUT2D eigenvalue weighted by atomic mass is 9.97. The molecule has 1 unspecified atom stereocenters. The minimum atomic E-state index is -4.44. The first-order valence-electron chi connectivity index (χ1n) is 4.69. The molecule has 0 bridgehead atoms. The van der Waals surface area contributed by atoms with Gasteiger partial charge in [-0.25, -0.2) is 4.98 Å². The van der Waals surface area contributed by atoms with Crippen LogP contribution in [-0.4, -0.2) is 4.98 Å². The van der Waals surface area contributed by atoms with Crippen molar-refractivity contribution < 1.29 is 13.2 Å². The van der Waals surface area contributed by atoms with Gasteiger partial charge in [0.1, 0.15) is 11.5 Å². The second-order valence-corrected chi connectivity index (χ2v) is 3.48. The van der Waals surface area contributed by atoms with Crippen molar-refractivity contribution in [2.45, 2.75) is 32.4 Å². The zero-order valence-electron chi connectivity index (χ0n) is 8.60. The van der Waals surface area contributed by atoms with Gasteiger partial charge >= 0.3 is 6.18 Å². The van der Waals surface area contributed by atoms with Crippen LogP contribution in [0.1, 0.15) is 37.4 Å². The number of nitrogen functional groups attached to an aromatic ring is 1. The van der Waals surface area contributed by atoms with E-state index in [-0.39, 0.29) is 17.3 Å². The van der Waals surface area contributed by atoms with E-state index in [0.29, 0.717) is 6.42 Å². The maximum atomic E-state index is 12.6. The second-order valence-electron chi connectivity index (χ2n) is 3.48. The molecule has 1 heterocycles. The Morgan fingerprint density at radius 3 is 2.47 bits per heavy atom. The van der Waals surface area contributed by atoms with Gasteiger partial charge in [-0.05, 0) is 24.0 Å². The Hall–Kier alpha value is -1.26. The summed E-state index contributed by atoms with van der Waals surface area (Å²) in [5.74, 6) is -0.274. The SMILES string of the molecule is CCC(C)c1ccc(N)nc1C(F)(F)F. The lowest BCUT2D eigenvalue weighted by Crippen LogP contribution is -2.14. The summed E-state index contributed by atoms with van der Waals surface area (Å²) in [6.45, 7) is 3.57. The molecule has 1 aromatic heterocycles. The number of nitrogens with zero attached hydrogens (tertiary/aromatic N) is 1. The minimum Gasteiger partial charge on any atom is -0.384 e. The van der Waals surface area contributed by atoms with E-state index < -0.39 is 11.9 Å². The highest BCUT2D eigenvalue weighted by Crippen LogP contribution is 2.35. The van der Waals surface area contributed by atoms with Crippen LogP contribution in [-0.2, 0) is 6.18 Å². The lowest BCUT2D eigenvalue weighted by molar-refractivity contribution is -0.141. The molecule has 84 valence electrons. The van der Waals surface area contributed by atoms with Crippen molar-refractivity contribution >= 4 is 5.82 Å². The summed E-state index contributed by atoms with van der Waals surface area (Å²) in [5, 5.41) is 0. The van der Waals surface area contributed by atoms with Gasteiger partial charge in [-0.1, -0.05) is 19.9 Å². The Morgan fingerprint density at radius 2 is 2.00 bits per heavy atom. The summed E-state index contributed by atoms with van der Waals surface area (Å²) in [6.07, 6.45) is -3.80. The molecule has 0 spiro atoms. The van der Waals surface area contributed by atoms with Crippen LogP contribution in [0.15, 0.2) is 12.1 Å². The van der Waals surface area contributed by atoms with Crippen LogP contribution >= 0.6 is 0 Å². The Labute approximate surface area is 86.3 Å². The topological polar surface area (TPSA) is 38.9 Å². The third kappa shape index (κ3) is 2.61. The van der Waals surface area contributed by atoms with Gasteiger partial charge < -0.3 is 5.73 Å². The van der Waals surface area contributed by atoms with Crippen molar-refractivity contribution in [3.63, 3.8) is 0 Å². The highest BCUT2D eigenvalue weighted by Gasteiger charge is 2.36. The van der Waals surface area contributed by atoms with Crippen molar-refractivity contribution in [1.82, 2.24) is 4.98 Å². The van der Waals surface area contributed by atoms with E-state index in [2.05, 4.69) is 4.98 Å². The van der Waals surface area contributed by atoms with Crippen LogP contribution in [0.5, 0.6) is 0 Å². The van der Waals surface area contributed by atoms with Crippen LogP contribution in [0.2, 0.25) is 0 Å². The number of rotatable bonds is 2. The van der Waals surface area contributed by atoms with Crippen LogP contribution in [0, 0.1) is 0 Å². The molecule has 1 aromatic rings. The molecule has 0 aromatic carbocycles. The molecule has 0 saturated carbocycles. The van der Waals surface area contributed by atoms with Gasteiger partial charge in [-0.3, -0.25) is 0 Å². The number of nitrogens with two attached hydrogens (primary N) is 1. The van der Waals surface area contributed by atoms with Crippen LogP contribution in [0.25, 0.3) is 0 Å². The third-order valence-corrected chi connectivity index (χ3v) is 2.36. The summed E-state index contributed by atoms with van der Waals surface area (Å²) in [5.41, 5.74) is 4.60. The average molecular weight is 218 g/mol. The number of anilines is 1. The quantitative estimate of drug-likeness (QED) is 0.827. The van der Waals surface area contributed by atoms with Crippen molar-refractivity contribution in [2.75, 3.05) is 5.73 Å². The Balaban J connectivity index is 3.27. The Morgan fingerprint density at radius 1 is 1.40 bits per heavy atom. The Bertz CT molecular complexity index is 347. The fraction of sp³-hybridized carbons (Fsp3) is 0.500. The number of aromatic nitrogens is 1. The van der Waals surface area contributed by atoms with E-state index in [9.17, 15) is 13.2 Å². The molecule has 0 saturated heterocycles. The summed E-state index contributed by atoms with van der Waals surface area (Å²) < 4.78 is 37.8. The molecule has 0 aliphatic rings. The van der Waals surface area contributed by atoms with E-state index in [1.807, 2.05) is 6.92 Å². The molecule has 0 radical (unpaired) electrons. The lowest BCUT2D eigenvalue weighted by Gasteiger charge is -2.16. The van der Waals surface area contributed by atoms with Gasteiger partial charge in [0.15, 0.2) is 0 Å². The van der Waals surface area contributed by atoms with Gasteiger partial charge in [0.25, 0.3) is 0 Å². The van der Waals surface area contributed by atoms with Crippen LogP contribution < -0.4 is 5.73 Å². The van der Waals surface area contributed by atoms with E-state index in [0.717, 1.165) is 0 Å². The van der Waals surface area contributed by atoms with Gasteiger partial charge in [0, 0.05) is 0 Å². The molecule has 15 heavy (non-hydrogen) atoms. The number of hydrogen-bond donors (Lipinski definition) is 1. The molecule has 5 heteroatoms. The fourth-order valence-electron chi connectivity index (χ4n) is 1.33. The molecule has 1 atom stereocenters. The molecule has 2 N–H and O–H groups in total. The van der Waals surface area contributed by atoms with E-state index in [1.54, 1.807) is 6.92 Å². The standard InChI is InChI=1S/C10H13F3N2/c1-3-6(2)7-4-5-8(14)15-9(7)10(11,12)13/h4-6H,3H2,1-2H3,(H2,14,15). The maximum absolute atomic E-state index is 12.6. The van der Waals surface area contributed by atoms with Crippen molar-refractivity contribution in [2.24, 2.45) is 0 Å². The van der Waals surface area contributed by atoms with Gasteiger partial charge in [-0.2, -0.15) is 13.2 Å². The highest BCUT2D eigenvalue weighted by atomic mass is 19.4. The Kier molecular flexibility index (Phi) is 3.21. The highest BCUT2D eigenvalue weighted by molar-refractivity contribution is 5.37. The monoisotopic (exact) mass is 218 g/mol. The average Bonchev–Trinajstić information content (AvgIpc) is 2.15. The minimum absolute atomic E-state index is 0.102. The van der Waals surface area contributed by atoms with E-state index in [1.165, 1.54) is 12.1 Å². The predicted octanol–water partition coefficient (Wildman–Crippen LogP) is 3.20. The van der Waals surface area contributed by atoms with Gasteiger partial charge in [0.2, 0.25) is 0 Å². The molecule has 0 fully saturated rings. The first-order chi connectivity index (χ1) is 6.86. The van der Waals surface area contributed by atoms with Crippen LogP contribution in [0.4, 0.5) is 19.0 Å². The smallest absolute Gasteiger partial charge is 0.384 e. The number of pyridine rings is 1. The maximum Gasteiger partial charge on any atom is 0.433 e. The fourth-order valence-corrected chi connectivity index (χ4v) is 1.33. The summed E-state index contributed by atoms with van der Waals surface area (Å²) in [7, 11) is 0. The number of alkyl halides is 3. The van der Waals surface area contributed by atoms with E-state index >= 15 is 0 Å². The number of hydrogen-bond acceptors (Lipinski definition) is 2. The van der Waals surface area contributed by atoms with Gasteiger partial charge in [0.05, 0.1) is 0 Å². The molecule has 0 aliphatic heterocycles. The predicted molar refractivity (Wildman–Crippen MR) is 52.4 cm³/mol. The molecule has 1 rings (SSSR count). The molecular weight excluding hydrogens is 205 g/mol. The van der Waals surface area contributed by atoms with Crippen LogP contribution in [0.3, 0.4) is 0 Å². The molecule has 0 aliphatic carbocycles. The largest absolute Gasteiger partial charge is 0.433 e. The zero-order chi connectivity index (χ0) is 11.6. The van der Waals surface area contributed by atoms with Crippen molar-refractivity contribution in [3.8, 4) is 0 Å². The van der Waals surface area contributed by atoms with E-state index in [4.69, 9.17) is 5.73 Å². The third-order valence-electron chi connectivity index (χ3n) is 2.36. The molecule has 0 amide bonds. The first kappa shape index (κ1) is 11.8. The number of halogens is 3. The molecule has 2 nitrogen and oxygen atoms in total. The van der Waals surface area contributed by atoms with Gasteiger partial charge in [-0.15, -0.1) is 0 Å². The normalized spacial score (nSPS) is 13.9. The first-order valence-corrected chi connectivity index (χ1v) is 4.69. The van der Waals surface area contributed by atoms with Crippen molar-refractivity contribution in [1.29, 1.82) is 0 Å². The summed E-state index contributed by atoms with van der Waals surface area (Å²) in [6, 6.07) is 2.80. The molecular formula is C10H13F3N2. The summed E-state index contributed by atoms with van der Waals surface area (Å²) >= 11 is 0.